The molecule has 1 aliphatic heterocycles. The molecule has 0 radical (unpaired) electrons. The van der Waals surface area contributed by atoms with Crippen LogP contribution in [0.1, 0.15) is 18.1 Å². The third kappa shape index (κ3) is 5.49. The number of fused-ring (bicyclic) bond motifs is 1. The van der Waals surface area contributed by atoms with E-state index < -0.39 is 0 Å². The van der Waals surface area contributed by atoms with Gasteiger partial charge in [-0.25, -0.2) is 9.18 Å². The molecule has 32 heavy (non-hydrogen) atoms. The molecule has 0 fully saturated rings. The monoisotopic (exact) mass is 436 g/mol. The van der Waals surface area contributed by atoms with Crippen molar-refractivity contribution in [3.63, 3.8) is 0 Å². The molecule has 1 unspecified atom stereocenters. The van der Waals surface area contributed by atoms with Crippen LogP contribution in [0.15, 0.2) is 66.7 Å². The summed E-state index contributed by atoms with van der Waals surface area (Å²) in [7, 11) is 0. The topological polar surface area (TPSA) is 68.8 Å². The first-order chi connectivity index (χ1) is 15.6. The Kier molecular flexibility index (Phi) is 6.75. The van der Waals surface area contributed by atoms with Gasteiger partial charge < -0.3 is 24.8 Å². The lowest BCUT2D eigenvalue weighted by Crippen LogP contribution is -2.40. The average Bonchev–Trinajstić information content (AvgIpc) is 3.25. The molecule has 4 rings (SSSR count). The van der Waals surface area contributed by atoms with Gasteiger partial charge in [-0.2, -0.15) is 0 Å². The van der Waals surface area contributed by atoms with E-state index in [9.17, 15) is 9.18 Å². The van der Waals surface area contributed by atoms with Crippen molar-refractivity contribution < 1.29 is 23.4 Å². The van der Waals surface area contributed by atoms with Crippen LogP contribution in [0.4, 0.5) is 14.9 Å². The molecule has 1 aliphatic rings. The lowest BCUT2D eigenvalue weighted by Gasteiger charge is -2.20. The second kappa shape index (κ2) is 10.0. The molecule has 7 heteroatoms. The van der Waals surface area contributed by atoms with Crippen LogP contribution in [-0.4, -0.2) is 25.5 Å². The Morgan fingerprint density at radius 2 is 1.72 bits per heavy atom. The van der Waals surface area contributed by atoms with Crippen molar-refractivity contribution in [1.29, 1.82) is 0 Å². The smallest absolute Gasteiger partial charge is 0.319 e. The minimum atomic E-state index is -0.343. The van der Waals surface area contributed by atoms with Crippen LogP contribution in [0.2, 0.25) is 0 Å². The molecular formula is C25H25FN2O4. The quantitative estimate of drug-likeness (QED) is 0.526. The zero-order valence-electron chi connectivity index (χ0n) is 17.8. The average molecular weight is 436 g/mol. The standard InChI is InChI=1S/C25H25FN2O4/c1-2-30-22-6-4-3-5-21(22)28-25(29)27-20(13-17-7-10-19(26)11-8-17)14-18-9-12-23-24(15-18)32-16-31-23/h3-12,15,20H,2,13-14,16H2,1H3,(H2,27,28,29). The number of para-hydroxylation sites is 2. The first-order valence-electron chi connectivity index (χ1n) is 10.5. The Morgan fingerprint density at radius 1 is 1.00 bits per heavy atom. The lowest BCUT2D eigenvalue weighted by atomic mass is 9.98. The summed E-state index contributed by atoms with van der Waals surface area (Å²) in [6.45, 7) is 2.59. The van der Waals surface area contributed by atoms with Gasteiger partial charge >= 0.3 is 6.03 Å². The maximum absolute atomic E-state index is 13.3. The van der Waals surface area contributed by atoms with Crippen molar-refractivity contribution in [1.82, 2.24) is 5.32 Å². The van der Waals surface area contributed by atoms with E-state index in [1.807, 2.05) is 43.3 Å². The van der Waals surface area contributed by atoms with Gasteiger partial charge in [0, 0.05) is 6.04 Å². The molecule has 0 aromatic heterocycles. The van der Waals surface area contributed by atoms with Crippen LogP contribution in [0.5, 0.6) is 17.2 Å². The van der Waals surface area contributed by atoms with Gasteiger partial charge in [-0.3, -0.25) is 0 Å². The van der Waals surface area contributed by atoms with E-state index in [0.717, 1.165) is 11.1 Å². The zero-order chi connectivity index (χ0) is 22.3. The largest absolute Gasteiger partial charge is 0.492 e. The molecule has 2 N–H and O–H groups in total. The number of carbonyl (C=O) groups excluding carboxylic acids is 1. The van der Waals surface area contributed by atoms with Crippen LogP contribution < -0.4 is 24.8 Å². The number of anilines is 1. The van der Waals surface area contributed by atoms with E-state index in [1.165, 1.54) is 12.1 Å². The van der Waals surface area contributed by atoms with Crippen LogP contribution in [0.3, 0.4) is 0 Å². The molecule has 0 saturated heterocycles. The summed E-state index contributed by atoms with van der Waals surface area (Å²) in [5.41, 5.74) is 2.51. The minimum Gasteiger partial charge on any atom is -0.492 e. The number of halogens is 1. The van der Waals surface area contributed by atoms with Gasteiger partial charge in [0.1, 0.15) is 11.6 Å². The van der Waals surface area contributed by atoms with Gasteiger partial charge in [0.2, 0.25) is 6.79 Å². The normalized spacial score (nSPS) is 12.8. The molecule has 2 amide bonds. The first kappa shape index (κ1) is 21.5. The molecule has 1 atom stereocenters. The fourth-order valence-electron chi connectivity index (χ4n) is 3.63. The van der Waals surface area contributed by atoms with E-state index >= 15 is 0 Å². The molecule has 3 aromatic carbocycles. The Hall–Kier alpha value is -3.74. The number of nitrogens with one attached hydrogen (secondary N) is 2. The maximum Gasteiger partial charge on any atom is 0.319 e. The van der Waals surface area contributed by atoms with E-state index in [2.05, 4.69) is 10.6 Å². The second-order valence-electron chi connectivity index (χ2n) is 7.45. The lowest BCUT2D eigenvalue weighted by molar-refractivity contribution is 0.174. The van der Waals surface area contributed by atoms with E-state index in [4.69, 9.17) is 14.2 Å². The Morgan fingerprint density at radius 3 is 2.53 bits per heavy atom. The Labute approximate surface area is 186 Å². The number of hydrogen-bond acceptors (Lipinski definition) is 4. The molecule has 0 spiro atoms. The number of urea groups is 1. The molecule has 6 nitrogen and oxygen atoms in total. The van der Waals surface area contributed by atoms with E-state index in [0.29, 0.717) is 42.4 Å². The summed E-state index contributed by atoms with van der Waals surface area (Å²) in [6, 6.07) is 18.7. The van der Waals surface area contributed by atoms with Crippen LogP contribution in [0, 0.1) is 5.82 Å². The summed E-state index contributed by atoms with van der Waals surface area (Å²) in [5.74, 6) is 1.72. The van der Waals surface area contributed by atoms with Crippen molar-refractivity contribution in [3.05, 3.63) is 83.7 Å². The van der Waals surface area contributed by atoms with Crippen molar-refractivity contribution in [3.8, 4) is 17.2 Å². The number of ether oxygens (including phenoxy) is 3. The Bertz CT molecular complexity index is 1070. The number of carbonyl (C=O) groups is 1. The summed E-state index contributed by atoms with van der Waals surface area (Å²) in [6.07, 6.45) is 1.10. The minimum absolute atomic E-state index is 0.206. The van der Waals surface area contributed by atoms with Crippen molar-refractivity contribution >= 4 is 11.7 Å². The molecule has 0 bridgehead atoms. The van der Waals surface area contributed by atoms with E-state index in [1.54, 1.807) is 18.2 Å². The number of benzene rings is 3. The van der Waals surface area contributed by atoms with Gasteiger partial charge in [0.15, 0.2) is 11.5 Å². The highest BCUT2D eigenvalue weighted by Gasteiger charge is 2.18. The Balaban J connectivity index is 1.49. The van der Waals surface area contributed by atoms with Crippen molar-refractivity contribution in [2.75, 3.05) is 18.7 Å². The fraction of sp³-hybridized carbons (Fsp3) is 0.240. The number of rotatable bonds is 8. The van der Waals surface area contributed by atoms with Crippen LogP contribution in [0.25, 0.3) is 0 Å². The predicted octanol–water partition coefficient (Wildman–Crippen LogP) is 4.93. The SMILES string of the molecule is CCOc1ccccc1NC(=O)NC(Cc1ccc(F)cc1)Cc1ccc2c(c1)OCO2. The number of hydrogen-bond donors (Lipinski definition) is 2. The van der Waals surface area contributed by atoms with Crippen molar-refractivity contribution in [2.45, 2.75) is 25.8 Å². The van der Waals surface area contributed by atoms with Crippen molar-refractivity contribution in [2.24, 2.45) is 0 Å². The summed E-state index contributed by atoms with van der Waals surface area (Å²) in [5, 5.41) is 5.91. The molecule has 1 heterocycles. The second-order valence-corrected chi connectivity index (χ2v) is 7.45. The molecule has 0 saturated carbocycles. The van der Waals surface area contributed by atoms with Crippen LogP contribution in [-0.2, 0) is 12.8 Å². The summed E-state index contributed by atoms with van der Waals surface area (Å²) in [4.78, 5) is 12.8. The molecule has 3 aromatic rings. The molecular weight excluding hydrogens is 411 g/mol. The van der Waals surface area contributed by atoms with Gasteiger partial charge in [-0.05, 0) is 67.3 Å². The zero-order valence-corrected chi connectivity index (χ0v) is 17.8. The summed E-state index contributed by atoms with van der Waals surface area (Å²) < 4.78 is 29.8. The third-order valence-electron chi connectivity index (χ3n) is 5.08. The molecule has 166 valence electrons. The predicted molar refractivity (Wildman–Crippen MR) is 120 cm³/mol. The highest BCUT2D eigenvalue weighted by molar-refractivity contribution is 5.91. The highest BCUT2D eigenvalue weighted by atomic mass is 19.1. The van der Waals surface area contributed by atoms with Gasteiger partial charge in [0.25, 0.3) is 0 Å². The summed E-state index contributed by atoms with van der Waals surface area (Å²) >= 11 is 0. The first-order valence-corrected chi connectivity index (χ1v) is 10.5. The maximum atomic E-state index is 13.3. The third-order valence-corrected chi connectivity index (χ3v) is 5.08. The van der Waals surface area contributed by atoms with E-state index in [-0.39, 0.29) is 24.7 Å². The van der Waals surface area contributed by atoms with Gasteiger partial charge in [-0.1, -0.05) is 30.3 Å². The highest BCUT2D eigenvalue weighted by Crippen LogP contribution is 2.33. The van der Waals surface area contributed by atoms with Gasteiger partial charge in [0.05, 0.1) is 12.3 Å². The van der Waals surface area contributed by atoms with Crippen LogP contribution >= 0.6 is 0 Å². The number of amides is 2. The van der Waals surface area contributed by atoms with Gasteiger partial charge in [-0.15, -0.1) is 0 Å². The fourth-order valence-corrected chi connectivity index (χ4v) is 3.63. The molecule has 0 aliphatic carbocycles.